The number of amides is 1. The molecule has 3 rings (SSSR count). The second kappa shape index (κ2) is 7.03. The first-order chi connectivity index (χ1) is 11.4. The van der Waals surface area contributed by atoms with Crippen LogP contribution in [0.5, 0.6) is 0 Å². The molecule has 0 aromatic heterocycles. The van der Waals surface area contributed by atoms with Gasteiger partial charge in [0.05, 0.1) is 11.5 Å². The molecule has 1 atom stereocenters. The SMILES string of the molecule is O=C(/C=C/c1ccccc1F)N1CCN(C2CCS(=O)(=O)C2)CC1. The summed E-state index contributed by atoms with van der Waals surface area (Å²) in [7, 11) is -2.89. The molecule has 2 aliphatic heterocycles. The first-order valence-electron chi connectivity index (χ1n) is 8.11. The largest absolute Gasteiger partial charge is 0.337 e. The van der Waals surface area contributed by atoms with Crippen LogP contribution in [-0.2, 0) is 14.6 Å². The van der Waals surface area contributed by atoms with Crippen molar-refractivity contribution in [2.75, 3.05) is 37.7 Å². The summed E-state index contributed by atoms with van der Waals surface area (Å²) in [5, 5.41) is 0. The van der Waals surface area contributed by atoms with E-state index in [-0.39, 0.29) is 29.3 Å². The van der Waals surface area contributed by atoms with E-state index in [9.17, 15) is 17.6 Å². The molecule has 130 valence electrons. The zero-order valence-electron chi connectivity index (χ0n) is 13.4. The smallest absolute Gasteiger partial charge is 0.246 e. The Morgan fingerprint density at radius 2 is 1.88 bits per heavy atom. The lowest BCUT2D eigenvalue weighted by Crippen LogP contribution is -2.52. The van der Waals surface area contributed by atoms with Gasteiger partial charge in [0.2, 0.25) is 5.91 Å². The molecule has 24 heavy (non-hydrogen) atoms. The molecule has 2 heterocycles. The van der Waals surface area contributed by atoms with Crippen molar-refractivity contribution in [2.24, 2.45) is 0 Å². The van der Waals surface area contributed by atoms with Crippen LogP contribution in [0, 0.1) is 5.82 Å². The minimum absolute atomic E-state index is 0.0845. The molecule has 1 amide bonds. The van der Waals surface area contributed by atoms with Crippen LogP contribution in [0.1, 0.15) is 12.0 Å². The third-order valence-electron chi connectivity index (χ3n) is 4.66. The fourth-order valence-corrected chi connectivity index (χ4v) is 5.01. The molecule has 7 heteroatoms. The summed E-state index contributed by atoms with van der Waals surface area (Å²) in [5.41, 5.74) is 0.389. The van der Waals surface area contributed by atoms with E-state index in [1.807, 2.05) is 0 Å². The van der Waals surface area contributed by atoms with Crippen LogP contribution >= 0.6 is 0 Å². The van der Waals surface area contributed by atoms with Gasteiger partial charge in [-0.1, -0.05) is 18.2 Å². The fraction of sp³-hybridized carbons (Fsp3) is 0.471. The van der Waals surface area contributed by atoms with E-state index in [4.69, 9.17) is 0 Å². The Hall–Kier alpha value is -1.73. The Kier molecular flexibility index (Phi) is 5.01. The zero-order chi connectivity index (χ0) is 17.2. The normalized spacial score (nSPS) is 24.5. The molecule has 0 N–H and O–H groups in total. The summed E-state index contributed by atoms with van der Waals surface area (Å²) in [6, 6.07) is 6.40. The molecule has 1 aromatic rings. The molecule has 1 aromatic carbocycles. The molecule has 0 aliphatic carbocycles. The second-order valence-electron chi connectivity index (χ2n) is 6.27. The summed E-state index contributed by atoms with van der Waals surface area (Å²) >= 11 is 0. The Morgan fingerprint density at radius 1 is 1.17 bits per heavy atom. The van der Waals surface area contributed by atoms with Crippen LogP contribution in [0.4, 0.5) is 4.39 Å². The second-order valence-corrected chi connectivity index (χ2v) is 8.50. The summed E-state index contributed by atoms with van der Waals surface area (Å²) in [6.07, 6.45) is 3.57. The van der Waals surface area contributed by atoms with Gasteiger partial charge in [0.1, 0.15) is 5.82 Å². The summed E-state index contributed by atoms with van der Waals surface area (Å²) < 4.78 is 36.7. The first kappa shape index (κ1) is 17.1. The van der Waals surface area contributed by atoms with Crippen molar-refractivity contribution in [3.8, 4) is 0 Å². The average molecular weight is 352 g/mol. The fourth-order valence-electron chi connectivity index (χ4n) is 3.25. The van der Waals surface area contributed by atoms with E-state index in [0.29, 0.717) is 38.2 Å². The van der Waals surface area contributed by atoms with Gasteiger partial charge in [-0.3, -0.25) is 9.69 Å². The number of hydrogen-bond donors (Lipinski definition) is 0. The van der Waals surface area contributed by atoms with Gasteiger partial charge in [0.25, 0.3) is 0 Å². The van der Waals surface area contributed by atoms with Crippen molar-refractivity contribution in [2.45, 2.75) is 12.5 Å². The highest BCUT2D eigenvalue weighted by atomic mass is 32.2. The maximum atomic E-state index is 13.5. The molecular formula is C17H21FN2O3S. The van der Waals surface area contributed by atoms with E-state index in [0.717, 1.165) is 0 Å². The van der Waals surface area contributed by atoms with Gasteiger partial charge >= 0.3 is 0 Å². The van der Waals surface area contributed by atoms with Crippen LogP contribution < -0.4 is 0 Å². The van der Waals surface area contributed by atoms with Crippen LogP contribution in [0.3, 0.4) is 0 Å². The first-order valence-corrected chi connectivity index (χ1v) is 9.93. The van der Waals surface area contributed by atoms with E-state index in [1.165, 1.54) is 18.2 Å². The molecule has 1 unspecified atom stereocenters. The molecule has 2 aliphatic rings. The Balaban J connectivity index is 1.53. The average Bonchev–Trinajstić information content (AvgIpc) is 2.94. The van der Waals surface area contributed by atoms with E-state index >= 15 is 0 Å². The van der Waals surface area contributed by atoms with Crippen LogP contribution in [0.2, 0.25) is 0 Å². The lowest BCUT2D eigenvalue weighted by Gasteiger charge is -2.37. The number of halogens is 1. The third-order valence-corrected chi connectivity index (χ3v) is 6.41. The minimum atomic E-state index is -2.89. The van der Waals surface area contributed by atoms with Crippen molar-refractivity contribution in [3.05, 3.63) is 41.7 Å². The lowest BCUT2D eigenvalue weighted by atomic mass is 10.1. The summed E-state index contributed by atoms with van der Waals surface area (Å²) in [4.78, 5) is 16.1. The van der Waals surface area contributed by atoms with Gasteiger partial charge in [0.15, 0.2) is 9.84 Å². The van der Waals surface area contributed by atoms with Gasteiger partial charge in [-0.15, -0.1) is 0 Å². The number of nitrogens with zero attached hydrogens (tertiary/aromatic N) is 2. The van der Waals surface area contributed by atoms with Crippen molar-refractivity contribution in [1.82, 2.24) is 9.80 Å². The quantitative estimate of drug-likeness (QED) is 0.767. The van der Waals surface area contributed by atoms with Crippen LogP contribution in [-0.4, -0.2) is 67.9 Å². The summed E-state index contributed by atoms with van der Waals surface area (Å²) in [6.45, 7) is 2.49. The molecule has 0 bridgehead atoms. The highest BCUT2D eigenvalue weighted by Gasteiger charge is 2.34. The molecule has 0 radical (unpaired) electrons. The highest BCUT2D eigenvalue weighted by molar-refractivity contribution is 7.91. The van der Waals surface area contributed by atoms with Gasteiger partial charge in [-0.25, -0.2) is 12.8 Å². The van der Waals surface area contributed by atoms with Gasteiger partial charge in [-0.05, 0) is 18.6 Å². The van der Waals surface area contributed by atoms with Crippen LogP contribution in [0.25, 0.3) is 6.08 Å². The van der Waals surface area contributed by atoms with E-state index in [2.05, 4.69) is 4.90 Å². The topological polar surface area (TPSA) is 57.7 Å². The monoisotopic (exact) mass is 352 g/mol. The number of rotatable bonds is 3. The lowest BCUT2D eigenvalue weighted by molar-refractivity contribution is -0.127. The molecule has 5 nitrogen and oxygen atoms in total. The maximum Gasteiger partial charge on any atom is 0.246 e. The molecule has 0 spiro atoms. The number of benzene rings is 1. The van der Waals surface area contributed by atoms with Crippen molar-refractivity contribution < 1.29 is 17.6 Å². The number of piperazine rings is 1. The predicted octanol–water partition coefficient (Wildman–Crippen LogP) is 1.17. The number of carbonyl (C=O) groups excluding carboxylic acids is 1. The standard InChI is InChI=1S/C17H21FN2O3S/c18-16-4-2-1-3-14(16)5-6-17(21)20-10-8-19(9-11-20)15-7-12-24(22,23)13-15/h1-6,15H,7-13H2/b6-5+. The molecule has 0 saturated carbocycles. The maximum absolute atomic E-state index is 13.5. The van der Waals surface area contributed by atoms with E-state index in [1.54, 1.807) is 23.1 Å². The Labute approximate surface area is 141 Å². The zero-order valence-corrected chi connectivity index (χ0v) is 14.2. The predicted molar refractivity (Wildman–Crippen MR) is 90.6 cm³/mol. The summed E-state index contributed by atoms with van der Waals surface area (Å²) in [5.74, 6) is 0.00168. The molecule has 2 fully saturated rings. The van der Waals surface area contributed by atoms with Crippen molar-refractivity contribution in [3.63, 3.8) is 0 Å². The minimum Gasteiger partial charge on any atom is -0.337 e. The number of hydrogen-bond acceptors (Lipinski definition) is 4. The van der Waals surface area contributed by atoms with Gasteiger partial charge < -0.3 is 4.90 Å². The van der Waals surface area contributed by atoms with Crippen molar-refractivity contribution in [1.29, 1.82) is 0 Å². The van der Waals surface area contributed by atoms with Crippen LogP contribution in [0.15, 0.2) is 30.3 Å². The molecule has 2 saturated heterocycles. The third kappa shape index (κ3) is 4.02. The highest BCUT2D eigenvalue weighted by Crippen LogP contribution is 2.19. The van der Waals surface area contributed by atoms with E-state index < -0.39 is 9.84 Å². The van der Waals surface area contributed by atoms with Crippen molar-refractivity contribution >= 4 is 21.8 Å². The molecular weight excluding hydrogens is 331 g/mol. The Bertz CT molecular complexity index is 740. The van der Waals surface area contributed by atoms with Gasteiger partial charge in [-0.2, -0.15) is 0 Å². The number of carbonyl (C=O) groups is 1. The Morgan fingerprint density at radius 3 is 2.50 bits per heavy atom. The number of sulfone groups is 1. The van der Waals surface area contributed by atoms with Gasteiger partial charge in [0, 0.05) is 43.9 Å².